The van der Waals surface area contributed by atoms with Crippen LogP contribution in [0, 0.1) is 0 Å². The molecule has 0 radical (unpaired) electrons. The molecular weight excluding hydrogens is 372 g/mol. The van der Waals surface area contributed by atoms with Crippen molar-refractivity contribution in [2.24, 2.45) is 0 Å². The molecule has 6 heteroatoms. The van der Waals surface area contributed by atoms with Crippen molar-refractivity contribution in [1.29, 1.82) is 0 Å². The summed E-state index contributed by atoms with van der Waals surface area (Å²) in [5, 5.41) is 4.83. The fourth-order valence-electron chi connectivity index (χ4n) is 2.77. The Bertz CT molecular complexity index is 911. The molecule has 0 aliphatic rings. The first-order chi connectivity index (χ1) is 13.6. The number of nitrogens with one attached hydrogen (secondary N) is 1. The average Bonchev–Trinajstić information content (AvgIpc) is 3.19. The smallest absolute Gasteiger partial charge is 0.225 e. The third kappa shape index (κ3) is 5.44. The van der Waals surface area contributed by atoms with E-state index in [0.717, 1.165) is 4.88 Å². The summed E-state index contributed by atoms with van der Waals surface area (Å²) in [7, 11) is 0. The van der Waals surface area contributed by atoms with Gasteiger partial charge in [0, 0.05) is 24.9 Å². The van der Waals surface area contributed by atoms with Gasteiger partial charge in [0.15, 0.2) is 5.75 Å². The molecule has 28 heavy (non-hydrogen) atoms. The molecular formula is C22H22N2O3S. The van der Waals surface area contributed by atoms with Crippen LogP contribution in [-0.4, -0.2) is 24.9 Å². The minimum Gasteiger partial charge on any atom is -0.455 e. The Hall–Kier alpha value is -3.12. The number of hydrogen-bond donors (Lipinski definition) is 1. The molecule has 2 aromatic carbocycles. The molecule has 3 aromatic rings. The first-order valence-electron chi connectivity index (χ1n) is 9.02. The second-order valence-corrected chi connectivity index (χ2v) is 7.19. The van der Waals surface area contributed by atoms with Crippen molar-refractivity contribution in [3.8, 4) is 11.5 Å². The number of nitrogens with zero attached hydrogens (tertiary/aromatic N) is 1. The van der Waals surface area contributed by atoms with E-state index in [1.54, 1.807) is 16.2 Å². The summed E-state index contributed by atoms with van der Waals surface area (Å²) in [4.78, 5) is 26.9. The molecule has 0 aliphatic carbocycles. The number of amides is 2. The molecule has 0 saturated carbocycles. The summed E-state index contributed by atoms with van der Waals surface area (Å²) in [6, 6.07) is 20.7. The van der Waals surface area contributed by atoms with Crippen LogP contribution in [0.5, 0.6) is 11.5 Å². The van der Waals surface area contributed by atoms with Crippen LogP contribution in [-0.2, 0) is 16.0 Å². The highest BCUT2D eigenvalue weighted by Gasteiger charge is 2.17. The van der Waals surface area contributed by atoms with Gasteiger partial charge in [0.1, 0.15) is 5.75 Å². The van der Waals surface area contributed by atoms with Crippen LogP contribution in [0.1, 0.15) is 11.8 Å². The Kier molecular flexibility index (Phi) is 6.81. The number of hydrogen-bond acceptors (Lipinski definition) is 4. The van der Waals surface area contributed by atoms with Gasteiger partial charge in [0.2, 0.25) is 11.8 Å². The predicted molar refractivity (Wildman–Crippen MR) is 112 cm³/mol. The van der Waals surface area contributed by atoms with E-state index in [2.05, 4.69) is 5.32 Å². The Morgan fingerprint density at radius 2 is 1.75 bits per heavy atom. The number of para-hydroxylation sites is 3. The number of rotatable bonds is 8. The number of carbonyl (C=O) groups excluding carboxylic acids is 2. The van der Waals surface area contributed by atoms with Crippen LogP contribution >= 0.6 is 11.3 Å². The highest BCUT2D eigenvalue weighted by molar-refractivity contribution is 7.10. The third-order valence-corrected chi connectivity index (χ3v) is 4.96. The molecule has 0 unspecified atom stereocenters. The largest absolute Gasteiger partial charge is 0.455 e. The zero-order valence-corrected chi connectivity index (χ0v) is 16.4. The van der Waals surface area contributed by atoms with Gasteiger partial charge in [-0.15, -0.1) is 11.3 Å². The van der Waals surface area contributed by atoms with Gasteiger partial charge in [0.25, 0.3) is 0 Å². The van der Waals surface area contributed by atoms with Crippen molar-refractivity contribution in [2.75, 3.05) is 18.0 Å². The lowest BCUT2D eigenvalue weighted by Gasteiger charge is -2.24. The SMILES string of the molecule is CC(=O)N(CCNC(=O)Cc1cccs1)c1ccccc1Oc1ccccc1. The molecule has 0 atom stereocenters. The highest BCUT2D eigenvalue weighted by atomic mass is 32.1. The molecule has 3 rings (SSSR count). The molecule has 0 aliphatic heterocycles. The van der Waals surface area contributed by atoms with E-state index in [9.17, 15) is 9.59 Å². The fraction of sp³-hybridized carbons (Fsp3) is 0.182. The molecule has 1 heterocycles. The lowest BCUT2D eigenvalue weighted by molar-refractivity contribution is -0.120. The topological polar surface area (TPSA) is 58.6 Å². The molecule has 144 valence electrons. The van der Waals surface area contributed by atoms with E-state index in [4.69, 9.17) is 4.74 Å². The lowest BCUT2D eigenvalue weighted by atomic mass is 10.2. The summed E-state index contributed by atoms with van der Waals surface area (Å²) in [6.45, 7) is 2.23. The van der Waals surface area contributed by atoms with E-state index in [-0.39, 0.29) is 11.8 Å². The Labute approximate surface area is 168 Å². The van der Waals surface area contributed by atoms with Gasteiger partial charge in [-0.1, -0.05) is 36.4 Å². The van der Waals surface area contributed by atoms with E-state index >= 15 is 0 Å². The predicted octanol–water partition coefficient (Wildman–Crippen LogP) is 4.25. The van der Waals surface area contributed by atoms with Gasteiger partial charge in [-0.2, -0.15) is 0 Å². The van der Waals surface area contributed by atoms with Crippen molar-refractivity contribution in [3.63, 3.8) is 0 Å². The molecule has 5 nitrogen and oxygen atoms in total. The van der Waals surface area contributed by atoms with Crippen molar-refractivity contribution < 1.29 is 14.3 Å². The van der Waals surface area contributed by atoms with Crippen LogP contribution in [0.3, 0.4) is 0 Å². The molecule has 0 fully saturated rings. The van der Waals surface area contributed by atoms with E-state index in [1.165, 1.54) is 6.92 Å². The zero-order chi connectivity index (χ0) is 19.8. The maximum atomic E-state index is 12.2. The highest BCUT2D eigenvalue weighted by Crippen LogP contribution is 2.32. The summed E-state index contributed by atoms with van der Waals surface area (Å²) >= 11 is 1.55. The van der Waals surface area contributed by atoms with Crippen molar-refractivity contribution in [3.05, 3.63) is 77.0 Å². The molecule has 1 N–H and O–H groups in total. The van der Waals surface area contributed by atoms with Crippen LogP contribution in [0.25, 0.3) is 0 Å². The molecule has 1 aromatic heterocycles. The Balaban J connectivity index is 1.65. The van der Waals surface area contributed by atoms with Crippen molar-refractivity contribution in [1.82, 2.24) is 5.32 Å². The summed E-state index contributed by atoms with van der Waals surface area (Å²) in [5.74, 6) is 1.12. The number of anilines is 1. The summed E-state index contributed by atoms with van der Waals surface area (Å²) < 4.78 is 5.96. The number of thiophene rings is 1. The summed E-state index contributed by atoms with van der Waals surface area (Å²) in [5.41, 5.74) is 0.673. The first-order valence-corrected chi connectivity index (χ1v) is 9.90. The molecule has 2 amide bonds. The lowest BCUT2D eigenvalue weighted by Crippen LogP contribution is -2.38. The van der Waals surface area contributed by atoms with E-state index in [1.807, 2.05) is 72.1 Å². The van der Waals surface area contributed by atoms with Crippen LogP contribution in [0.15, 0.2) is 72.1 Å². The van der Waals surface area contributed by atoms with Gasteiger partial charge in [-0.05, 0) is 35.7 Å². The van der Waals surface area contributed by atoms with Gasteiger partial charge >= 0.3 is 0 Å². The van der Waals surface area contributed by atoms with Gasteiger partial charge in [0.05, 0.1) is 12.1 Å². The number of carbonyl (C=O) groups is 2. The first kappa shape index (κ1) is 19.6. The third-order valence-electron chi connectivity index (χ3n) is 4.08. The van der Waals surface area contributed by atoms with Gasteiger partial charge < -0.3 is 15.0 Å². The molecule has 0 saturated heterocycles. The number of benzene rings is 2. The van der Waals surface area contributed by atoms with Crippen LogP contribution < -0.4 is 15.0 Å². The molecule has 0 spiro atoms. The Morgan fingerprint density at radius 3 is 2.46 bits per heavy atom. The fourth-order valence-corrected chi connectivity index (χ4v) is 3.47. The Morgan fingerprint density at radius 1 is 1.00 bits per heavy atom. The van der Waals surface area contributed by atoms with Crippen LogP contribution in [0.2, 0.25) is 0 Å². The normalized spacial score (nSPS) is 10.3. The van der Waals surface area contributed by atoms with E-state index < -0.39 is 0 Å². The van der Waals surface area contributed by atoms with E-state index in [0.29, 0.717) is 36.7 Å². The van der Waals surface area contributed by atoms with Gasteiger partial charge in [-0.25, -0.2) is 0 Å². The minimum atomic E-state index is -0.114. The second kappa shape index (κ2) is 9.71. The average molecular weight is 394 g/mol. The standard InChI is InChI=1S/C22H22N2O3S/c1-17(25)24(14-13-23-22(26)16-19-10-7-15-28-19)20-11-5-6-12-21(20)27-18-8-3-2-4-9-18/h2-12,15H,13-14,16H2,1H3,(H,23,26). The zero-order valence-electron chi connectivity index (χ0n) is 15.6. The second-order valence-electron chi connectivity index (χ2n) is 6.16. The van der Waals surface area contributed by atoms with Gasteiger partial charge in [-0.3, -0.25) is 9.59 Å². The summed E-state index contributed by atoms with van der Waals surface area (Å²) in [6.07, 6.45) is 0.353. The minimum absolute atomic E-state index is 0.0558. The van der Waals surface area contributed by atoms with Crippen molar-refractivity contribution in [2.45, 2.75) is 13.3 Å². The van der Waals surface area contributed by atoms with Crippen LogP contribution in [0.4, 0.5) is 5.69 Å². The maximum Gasteiger partial charge on any atom is 0.225 e. The quantitative estimate of drug-likeness (QED) is 0.621. The molecule has 0 bridgehead atoms. The maximum absolute atomic E-state index is 12.2. The van der Waals surface area contributed by atoms with Crippen molar-refractivity contribution >= 4 is 28.8 Å². The number of ether oxygens (including phenoxy) is 1. The monoisotopic (exact) mass is 394 g/mol.